The second kappa shape index (κ2) is 5.34. The van der Waals surface area contributed by atoms with Gasteiger partial charge in [0.15, 0.2) is 0 Å². The smallest absolute Gasteiger partial charge is 0.150 e. The molecule has 2 aromatic carbocycles. The van der Waals surface area contributed by atoms with Crippen molar-refractivity contribution in [1.82, 2.24) is 4.98 Å². The first-order valence-corrected chi connectivity index (χ1v) is 7.22. The van der Waals surface area contributed by atoms with Crippen LogP contribution < -0.4 is 11.1 Å². The van der Waals surface area contributed by atoms with E-state index in [1.807, 2.05) is 0 Å². The number of anilines is 2. The number of nitrogens with zero attached hydrogens (tertiary/aromatic N) is 1. The number of hydrogen-bond acceptors (Lipinski definition) is 4. The van der Waals surface area contributed by atoms with Crippen molar-refractivity contribution < 1.29 is 8.78 Å². The molecule has 3 rings (SSSR count). The Kier molecular flexibility index (Phi) is 3.52. The lowest BCUT2D eigenvalue weighted by molar-refractivity contribution is 0.590. The molecule has 0 atom stereocenters. The molecule has 0 fully saturated rings. The highest BCUT2D eigenvalue weighted by atomic mass is 32.1. The summed E-state index contributed by atoms with van der Waals surface area (Å²) in [5.74, 6) is -1.50. The summed E-state index contributed by atoms with van der Waals surface area (Å²) in [6.45, 7) is 0. The van der Waals surface area contributed by atoms with Gasteiger partial charge >= 0.3 is 0 Å². The number of hydrogen-bond donors (Lipinski definition) is 2. The van der Waals surface area contributed by atoms with Gasteiger partial charge in [-0.05, 0) is 30.3 Å². The molecule has 0 spiro atoms. The van der Waals surface area contributed by atoms with Gasteiger partial charge in [-0.25, -0.2) is 13.8 Å². The van der Waals surface area contributed by atoms with E-state index in [2.05, 4.69) is 10.3 Å². The van der Waals surface area contributed by atoms with Crippen LogP contribution in [0.2, 0.25) is 0 Å². The van der Waals surface area contributed by atoms with Crippen LogP contribution in [0.5, 0.6) is 0 Å². The van der Waals surface area contributed by atoms with E-state index in [1.165, 1.54) is 11.3 Å². The lowest BCUT2D eigenvalue weighted by atomic mass is 10.1. The van der Waals surface area contributed by atoms with Gasteiger partial charge < -0.3 is 11.1 Å². The largest absolute Gasteiger partial charge is 0.389 e. The minimum absolute atomic E-state index is 0.0505. The number of nitrogens with two attached hydrogens (primary N) is 1. The van der Waals surface area contributed by atoms with E-state index < -0.39 is 11.6 Å². The number of thiazole rings is 1. The minimum Gasteiger partial charge on any atom is -0.389 e. The van der Waals surface area contributed by atoms with Crippen LogP contribution in [-0.4, -0.2) is 9.97 Å². The molecule has 0 unspecified atom stereocenters. The Morgan fingerprint density at radius 3 is 2.57 bits per heavy atom. The van der Waals surface area contributed by atoms with Crippen LogP contribution in [0.4, 0.5) is 20.2 Å². The highest BCUT2D eigenvalue weighted by Gasteiger charge is 2.13. The van der Waals surface area contributed by atoms with Crippen molar-refractivity contribution in [3.05, 3.63) is 53.0 Å². The van der Waals surface area contributed by atoms with Crippen LogP contribution in [0.15, 0.2) is 35.8 Å². The molecule has 1 aromatic heterocycles. The van der Waals surface area contributed by atoms with Crippen LogP contribution in [0.3, 0.4) is 0 Å². The van der Waals surface area contributed by atoms with Gasteiger partial charge in [0.1, 0.15) is 22.3 Å². The first-order chi connectivity index (χ1) is 10.0. The quantitative estimate of drug-likeness (QED) is 0.717. The average molecular weight is 321 g/mol. The number of nitrogens with one attached hydrogen (secondary N) is 1. The molecule has 0 saturated carbocycles. The average Bonchev–Trinajstić information content (AvgIpc) is 2.90. The molecule has 1 heterocycles. The van der Waals surface area contributed by atoms with Crippen LogP contribution >= 0.6 is 23.6 Å². The molecule has 0 bridgehead atoms. The number of thiocarbonyl (C=S) groups is 1. The van der Waals surface area contributed by atoms with E-state index in [0.29, 0.717) is 5.69 Å². The van der Waals surface area contributed by atoms with E-state index in [1.54, 1.807) is 23.7 Å². The minimum atomic E-state index is -0.748. The Morgan fingerprint density at radius 1 is 1.19 bits per heavy atom. The van der Waals surface area contributed by atoms with Crippen molar-refractivity contribution in [2.45, 2.75) is 0 Å². The van der Waals surface area contributed by atoms with E-state index in [4.69, 9.17) is 18.0 Å². The zero-order chi connectivity index (χ0) is 15.0. The maximum Gasteiger partial charge on any atom is 0.150 e. The summed E-state index contributed by atoms with van der Waals surface area (Å²) in [6.07, 6.45) is 0. The normalized spacial score (nSPS) is 10.8. The molecule has 0 radical (unpaired) electrons. The molecule has 21 heavy (non-hydrogen) atoms. The highest BCUT2D eigenvalue weighted by molar-refractivity contribution is 7.80. The number of benzene rings is 2. The Morgan fingerprint density at radius 2 is 1.90 bits per heavy atom. The van der Waals surface area contributed by atoms with Crippen molar-refractivity contribution in [2.75, 3.05) is 5.32 Å². The van der Waals surface area contributed by atoms with E-state index in [0.717, 1.165) is 22.3 Å². The Labute approximate surface area is 128 Å². The Balaban J connectivity index is 1.99. The number of fused-ring (bicyclic) bond motifs is 1. The van der Waals surface area contributed by atoms with E-state index in [-0.39, 0.29) is 16.2 Å². The highest BCUT2D eigenvalue weighted by Crippen LogP contribution is 2.28. The summed E-state index contributed by atoms with van der Waals surface area (Å²) in [5.41, 5.74) is 8.43. The lowest BCUT2D eigenvalue weighted by Crippen LogP contribution is -2.11. The van der Waals surface area contributed by atoms with Crippen molar-refractivity contribution in [1.29, 1.82) is 0 Å². The summed E-state index contributed by atoms with van der Waals surface area (Å²) in [4.78, 5) is 4.10. The van der Waals surface area contributed by atoms with Crippen molar-refractivity contribution in [3.63, 3.8) is 0 Å². The third-order valence-corrected chi connectivity index (χ3v) is 3.95. The third-order valence-electron chi connectivity index (χ3n) is 2.93. The molecule has 3 N–H and O–H groups in total. The fraction of sp³-hybridized carbons (Fsp3) is 0. The molecule has 0 aliphatic carbocycles. The first kappa shape index (κ1) is 13.8. The summed E-state index contributed by atoms with van der Waals surface area (Å²) >= 11 is 6.17. The van der Waals surface area contributed by atoms with E-state index in [9.17, 15) is 8.78 Å². The third kappa shape index (κ3) is 2.70. The van der Waals surface area contributed by atoms with Gasteiger partial charge in [-0.1, -0.05) is 12.2 Å². The van der Waals surface area contributed by atoms with E-state index >= 15 is 0 Å². The van der Waals surface area contributed by atoms with Gasteiger partial charge in [-0.2, -0.15) is 0 Å². The predicted molar refractivity (Wildman–Crippen MR) is 85.1 cm³/mol. The maximum absolute atomic E-state index is 14.0. The number of aromatic nitrogens is 1. The van der Waals surface area contributed by atoms with Gasteiger partial charge in [0.25, 0.3) is 0 Å². The first-order valence-electron chi connectivity index (χ1n) is 5.94. The molecule has 106 valence electrons. The molecule has 0 aliphatic heterocycles. The fourth-order valence-electron chi connectivity index (χ4n) is 1.91. The fourth-order valence-corrected chi connectivity index (χ4v) is 2.75. The second-order valence-corrected chi connectivity index (χ2v) is 5.67. The zero-order valence-corrected chi connectivity index (χ0v) is 12.2. The van der Waals surface area contributed by atoms with Crippen LogP contribution in [0.1, 0.15) is 5.56 Å². The summed E-state index contributed by atoms with van der Waals surface area (Å²) in [6, 6.07) is 7.50. The molecule has 0 saturated heterocycles. The number of rotatable bonds is 3. The lowest BCUT2D eigenvalue weighted by Gasteiger charge is -2.10. The predicted octanol–water partition coefficient (Wildman–Crippen LogP) is 3.95. The molecule has 3 nitrogen and oxygen atoms in total. The van der Waals surface area contributed by atoms with Gasteiger partial charge in [-0.15, -0.1) is 11.3 Å². The molecular weight excluding hydrogens is 312 g/mol. The molecule has 7 heteroatoms. The van der Waals surface area contributed by atoms with Gasteiger partial charge in [-0.3, -0.25) is 0 Å². The summed E-state index contributed by atoms with van der Waals surface area (Å²) in [7, 11) is 0. The van der Waals surface area contributed by atoms with Crippen LogP contribution in [0, 0.1) is 11.6 Å². The zero-order valence-electron chi connectivity index (χ0n) is 10.6. The molecule has 0 aliphatic rings. The Bertz CT molecular complexity index is 822. The number of halogens is 2. The standard InChI is InChI=1S/C14H9F2N3S2/c15-9-3-7(14(17)20)4-10(16)13(9)19-8-1-2-11-12(5-8)21-6-18-11/h1-6,19H,(H2,17,20). The molecule has 3 aromatic rings. The maximum atomic E-state index is 14.0. The van der Waals surface area contributed by atoms with Crippen LogP contribution in [0.25, 0.3) is 10.2 Å². The second-order valence-electron chi connectivity index (χ2n) is 4.34. The van der Waals surface area contributed by atoms with Gasteiger partial charge in [0.05, 0.1) is 15.7 Å². The monoisotopic (exact) mass is 321 g/mol. The molecular formula is C14H9F2N3S2. The molecule has 0 amide bonds. The van der Waals surface area contributed by atoms with Gasteiger partial charge in [0, 0.05) is 11.3 Å². The van der Waals surface area contributed by atoms with Crippen LogP contribution in [-0.2, 0) is 0 Å². The van der Waals surface area contributed by atoms with Gasteiger partial charge in [0.2, 0.25) is 0 Å². The van der Waals surface area contributed by atoms with Crippen molar-refractivity contribution >= 4 is 50.1 Å². The SMILES string of the molecule is NC(=S)c1cc(F)c(Nc2ccc3ncsc3c2)c(F)c1. The van der Waals surface area contributed by atoms with Crippen molar-refractivity contribution in [3.8, 4) is 0 Å². The topological polar surface area (TPSA) is 50.9 Å². The summed E-state index contributed by atoms with van der Waals surface area (Å²) < 4.78 is 28.9. The van der Waals surface area contributed by atoms with Crippen molar-refractivity contribution in [2.24, 2.45) is 5.73 Å². The Hall–Kier alpha value is -2.12. The summed E-state index contributed by atoms with van der Waals surface area (Å²) in [5, 5.41) is 2.73.